The second-order valence-electron chi connectivity index (χ2n) is 6.92. The Labute approximate surface area is 170 Å². The first-order chi connectivity index (χ1) is 14.2. The van der Waals surface area contributed by atoms with E-state index in [0.29, 0.717) is 12.1 Å². The largest absolute Gasteiger partial charge is 0.497 e. The second-order valence-corrected chi connectivity index (χ2v) is 6.92. The number of rotatable bonds is 6. The monoisotopic (exact) mass is 384 g/mol. The van der Waals surface area contributed by atoms with Crippen LogP contribution < -0.4 is 4.74 Å². The summed E-state index contributed by atoms with van der Waals surface area (Å²) in [6, 6.07) is 25.4. The van der Waals surface area contributed by atoms with Crippen LogP contribution in [0.4, 0.5) is 0 Å². The summed E-state index contributed by atoms with van der Waals surface area (Å²) in [6.07, 6.45) is 2.01. The molecule has 0 fully saturated rings. The highest BCUT2D eigenvalue weighted by molar-refractivity contribution is 5.95. The van der Waals surface area contributed by atoms with Crippen molar-refractivity contribution >= 4 is 16.8 Å². The van der Waals surface area contributed by atoms with E-state index in [4.69, 9.17) is 4.74 Å². The normalized spacial score (nSPS) is 11.9. The van der Waals surface area contributed by atoms with Gasteiger partial charge in [0.05, 0.1) is 13.2 Å². The zero-order chi connectivity index (χ0) is 20.2. The highest BCUT2D eigenvalue weighted by Gasteiger charge is 2.28. The van der Waals surface area contributed by atoms with Crippen LogP contribution in [-0.4, -0.2) is 29.4 Å². The van der Waals surface area contributed by atoms with Gasteiger partial charge in [-0.2, -0.15) is 0 Å². The molecule has 4 aromatic rings. The highest BCUT2D eigenvalue weighted by Crippen LogP contribution is 2.35. The van der Waals surface area contributed by atoms with Gasteiger partial charge in [0.25, 0.3) is 5.91 Å². The minimum atomic E-state index is -0.213. The van der Waals surface area contributed by atoms with Gasteiger partial charge in [0.1, 0.15) is 5.75 Å². The van der Waals surface area contributed by atoms with E-state index in [1.54, 1.807) is 7.11 Å². The maximum atomic E-state index is 13.4. The van der Waals surface area contributed by atoms with E-state index in [9.17, 15) is 4.79 Å². The molecular formula is C25H24N2O2. The molecule has 1 aromatic heterocycles. The van der Waals surface area contributed by atoms with Gasteiger partial charge in [-0.3, -0.25) is 4.79 Å². The first-order valence-corrected chi connectivity index (χ1v) is 9.79. The maximum Gasteiger partial charge on any atom is 0.254 e. The van der Waals surface area contributed by atoms with Gasteiger partial charge < -0.3 is 14.6 Å². The van der Waals surface area contributed by atoms with Crippen LogP contribution in [0.15, 0.2) is 85.1 Å². The quantitative estimate of drug-likeness (QED) is 0.482. The number of H-pyrrole nitrogens is 1. The lowest BCUT2D eigenvalue weighted by molar-refractivity contribution is 0.0718. The average molecular weight is 384 g/mol. The highest BCUT2D eigenvalue weighted by atomic mass is 16.5. The molecule has 4 rings (SSSR count). The van der Waals surface area contributed by atoms with Gasteiger partial charge in [-0.15, -0.1) is 0 Å². The van der Waals surface area contributed by atoms with Crippen molar-refractivity contribution in [1.29, 1.82) is 0 Å². The standard InChI is InChI=1S/C25H24N2O2/c1-3-27(25(28)19-9-5-4-6-10-19)24(18-13-15-20(29-2)16-14-18)22-17-26-23-12-8-7-11-21(22)23/h4-17,24,26H,3H2,1-2H3/t24-/m0/s1. The first-order valence-electron chi connectivity index (χ1n) is 9.79. The van der Waals surface area contributed by atoms with E-state index in [0.717, 1.165) is 27.8 Å². The summed E-state index contributed by atoms with van der Waals surface area (Å²) in [6.45, 7) is 2.61. The van der Waals surface area contributed by atoms with Crippen molar-refractivity contribution in [3.05, 3.63) is 102 Å². The predicted octanol–water partition coefficient (Wildman–Crippen LogP) is 5.43. The van der Waals surface area contributed by atoms with E-state index < -0.39 is 0 Å². The molecule has 0 radical (unpaired) electrons. The minimum absolute atomic E-state index is 0.0131. The van der Waals surface area contributed by atoms with Crippen LogP contribution in [0, 0.1) is 0 Å². The topological polar surface area (TPSA) is 45.3 Å². The van der Waals surface area contributed by atoms with Gasteiger partial charge in [0.15, 0.2) is 0 Å². The summed E-state index contributed by atoms with van der Waals surface area (Å²) < 4.78 is 5.33. The summed E-state index contributed by atoms with van der Waals surface area (Å²) in [5.41, 5.74) is 3.87. The number of carbonyl (C=O) groups excluding carboxylic acids is 1. The molecule has 0 saturated carbocycles. The smallest absolute Gasteiger partial charge is 0.254 e. The Bertz CT molecular complexity index is 1100. The number of hydrogen-bond acceptors (Lipinski definition) is 2. The Hall–Kier alpha value is -3.53. The summed E-state index contributed by atoms with van der Waals surface area (Å²) in [7, 11) is 1.66. The van der Waals surface area contributed by atoms with Gasteiger partial charge in [-0.05, 0) is 42.8 Å². The van der Waals surface area contributed by atoms with Gasteiger partial charge in [0.2, 0.25) is 0 Å². The number of hydrogen-bond donors (Lipinski definition) is 1. The van der Waals surface area contributed by atoms with Crippen LogP contribution in [0.5, 0.6) is 5.75 Å². The number of amides is 1. The molecule has 0 spiro atoms. The molecule has 4 nitrogen and oxygen atoms in total. The number of aromatic amines is 1. The predicted molar refractivity (Wildman–Crippen MR) is 116 cm³/mol. The third kappa shape index (κ3) is 3.61. The lowest BCUT2D eigenvalue weighted by Gasteiger charge is -2.31. The van der Waals surface area contributed by atoms with Crippen molar-refractivity contribution in [2.45, 2.75) is 13.0 Å². The van der Waals surface area contributed by atoms with Crippen LogP contribution in [0.3, 0.4) is 0 Å². The fraction of sp³-hybridized carbons (Fsp3) is 0.160. The summed E-state index contributed by atoms with van der Waals surface area (Å²) >= 11 is 0. The number of nitrogens with one attached hydrogen (secondary N) is 1. The van der Waals surface area contributed by atoms with Crippen molar-refractivity contribution < 1.29 is 9.53 Å². The fourth-order valence-electron chi connectivity index (χ4n) is 3.82. The molecule has 0 unspecified atom stereocenters. The van der Waals surface area contributed by atoms with Gasteiger partial charge in [-0.1, -0.05) is 48.5 Å². The van der Waals surface area contributed by atoms with E-state index in [1.165, 1.54) is 0 Å². The molecular weight excluding hydrogens is 360 g/mol. The number of aromatic nitrogens is 1. The SMILES string of the molecule is CCN(C(=O)c1ccccc1)[C@@H](c1ccc(OC)cc1)c1c[nH]c2ccccc12. The Morgan fingerprint density at radius 3 is 2.34 bits per heavy atom. The number of nitrogens with zero attached hydrogens (tertiary/aromatic N) is 1. The molecule has 0 aliphatic rings. The molecule has 0 aliphatic carbocycles. The number of methoxy groups -OCH3 is 1. The minimum Gasteiger partial charge on any atom is -0.497 e. The van der Waals surface area contributed by atoms with Gasteiger partial charge in [0, 0.05) is 34.8 Å². The molecule has 1 atom stereocenters. The fourth-order valence-corrected chi connectivity index (χ4v) is 3.82. The molecule has 3 aromatic carbocycles. The Morgan fingerprint density at radius 1 is 0.966 bits per heavy atom. The molecule has 0 saturated heterocycles. The number of benzene rings is 3. The van der Waals surface area contributed by atoms with Crippen molar-refractivity contribution in [2.75, 3.05) is 13.7 Å². The van der Waals surface area contributed by atoms with Gasteiger partial charge >= 0.3 is 0 Å². The lowest BCUT2D eigenvalue weighted by Crippen LogP contribution is -2.35. The molecule has 29 heavy (non-hydrogen) atoms. The number of carbonyl (C=O) groups is 1. The van der Waals surface area contributed by atoms with E-state index >= 15 is 0 Å². The van der Waals surface area contributed by atoms with Crippen LogP contribution in [0.25, 0.3) is 10.9 Å². The Kier molecular flexibility index (Phi) is 5.34. The Balaban J connectivity index is 1.85. The summed E-state index contributed by atoms with van der Waals surface area (Å²) in [5, 5.41) is 1.12. The molecule has 4 heteroatoms. The molecule has 1 amide bonds. The van der Waals surface area contributed by atoms with Crippen LogP contribution in [0.2, 0.25) is 0 Å². The average Bonchev–Trinajstić information content (AvgIpc) is 3.21. The van der Waals surface area contributed by atoms with Crippen LogP contribution >= 0.6 is 0 Å². The van der Waals surface area contributed by atoms with Crippen LogP contribution in [-0.2, 0) is 0 Å². The summed E-state index contributed by atoms with van der Waals surface area (Å²) in [4.78, 5) is 18.7. The van der Waals surface area contributed by atoms with E-state index in [2.05, 4.69) is 17.1 Å². The molecule has 146 valence electrons. The third-order valence-corrected chi connectivity index (χ3v) is 5.28. The third-order valence-electron chi connectivity index (χ3n) is 5.28. The zero-order valence-electron chi connectivity index (χ0n) is 16.6. The van der Waals surface area contributed by atoms with Crippen molar-refractivity contribution in [1.82, 2.24) is 9.88 Å². The van der Waals surface area contributed by atoms with Crippen molar-refractivity contribution in [3.8, 4) is 5.75 Å². The second kappa shape index (κ2) is 8.23. The summed E-state index contributed by atoms with van der Waals surface area (Å²) in [5.74, 6) is 0.808. The van der Waals surface area contributed by atoms with E-state index in [1.807, 2.05) is 84.8 Å². The van der Waals surface area contributed by atoms with E-state index in [-0.39, 0.29) is 11.9 Å². The zero-order valence-corrected chi connectivity index (χ0v) is 16.6. The molecule has 0 bridgehead atoms. The molecule has 0 aliphatic heterocycles. The van der Waals surface area contributed by atoms with Crippen molar-refractivity contribution in [3.63, 3.8) is 0 Å². The number of para-hydroxylation sites is 1. The number of ether oxygens (including phenoxy) is 1. The maximum absolute atomic E-state index is 13.4. The number of fused-ring (bicyclic) bond motifs is 1. The van der Waals surface area contributed by atoms with Crippen molar-refractivity contribution in [2.24, 2.45) is 0 Å². The molecule has 1 N–H and O–H groups in total. The Morgan fingerprint density at radius 2 is 1.66 bits per heavy atom. The van der Waals surface area contributed by atoms with Gasteiger partial charge in [-0.25, -0.2) is 0 Å². The first kappa shape index (κ1) is 18.8. The molecule has 1 heterocycles. The lowest BCUT2D eigenvalue weighted by atomic mass is 9.95. The van der Waals surface area contributed by atoms with Crippen LogP contribution in [0.1, 0.15) is 34.5 Å².